The zero-order valence-electron chi connectivity index (χ0n) is 13.6. The van der Waals surface area contributed by atoms with Gasteiger partial charge in [0.1, 0.15) is 11.9 Å². The van der Waals surface area contributed by atoms with Crippen LogP contribution in [0, 0.1) is 0 Å². The molecule has 6 nitrogen and oxygen atoms in total. The molecule has 1 amide bonds. The Balaban J connectivity index is 1.49. The zero-order valence-corrected chi connectivity index (χ0v) is 14.4. The van der Waals surface area contributed by atoms with E-state index in [0.29, 0.717) is 25.5 Å². The Bertz CT molecular complexity index is 748. The fourth-order valence-corrected chi connectivity index (χ4v) is 4.43. The first-order chi connectivity index (χ1) is 11.8. The van der Waals surface area contributed by atoms with E-state index in [9.17, 15) is 4.79 Å². The predicted octanol–water partition coefficient (Wildman–Crippen LogP) is 2.16. The largest absolute Gasteiger partial charge is 0.366 e. The third kappa shape index (κ3) is 2.82. The highest BCUT2D eigenvalue weighted by Gasteiger charge is 2.35. The van der Waals surface area contributed by atoms with Gasteiger partial charge < -0.3 is 9.64 Å². The number of H-pyrrole nitrogens is 1. The van der Waals surface area contributed by atoms with Crippen molar-refractivity contribution >= 4 is 17.7 Å². The van der Waals surface area contributed by atoms with Crippen molar-refractivity contribution in [2.24, 2.45) is 0 Å². The van der Waals surface area contributed by atoms with Gasteiger partial charge in [-0.15, -0.1) is 11.8 Å². The van der Waals surface area contributed by atoms with Crippen LogP contribution in [0.2, 0.25) is 0 Å². The van der Waals surface area contributed by atoms with Gasteiger partial charge in [0.25, 0.3) is 0 Å². The highest BCUT2D eigenvalue weighted by atomic mass is 32.2. The van der Waals surface area contributed by atoms with Crippen LogP contribution < -0.4 is 0 Å². The molecule has 0 radical (unpaired) electrons. The van der Waals surface area contributed by atoms with E-state index in [-0.39, 0.29) is 17.9 Å². The van der Waals surface area contributed by atoms with E-state index >= 15 is 0 Å². The summed E-state index contributed by atoms with van der Waals surface area (Å²) < 4.78 is 5.79. The smallest absolute Gasteiger partial charge is 0.231 e. The summed E-state index contributed by atoms with van der Waals surface area (Å²) in [5, 5.41) is 7.15. The van der Waals surface area contributed by atoms with Gasteiger partial charge in [-0.1, -0.05) is 25.1 Å². The van der Waals surface area contributed by atoms with Crippen molar-refractivity contribution in [3.63, 3.8) is 0 Å². The summed E-state index contributed by atoms with van der Waals surface area (Å²) in [6.07, 6.45) is 0.557. The molecule has 1 aromatic carbocycles. The number of benzene rings is 1. The number of morpholine rings is 1. The van der Waals surface area contributed by atoms with Crippen LogP contribution in [0.3, 0.4) is 0 Å². The topological polar surface area (TPSA) is 71.1 Å². The van der Waals surface area contributed by atoms with Gasteiger partial charge in [-0.25, -0.2) is 4.98 Å². The zero-order chi connectivity index (χ0) is 16.5. The number of amides is 1. The molecule has 4 rings (SSSR count). The van der Waals surface area contributed by atoms with Crippen LogP contribution in [-0.4, -0.2) is 51.4 Å². The second kappa shape index (κ2) is 6.57. The predicted molar refractivity (Wildman–Crippen MR) is 90.9 cm³/mol. The molecular weight excluding hydrogens is 324 g/mol. The maximum Gasteiger partial charge on any atom is 0.231 e. The number of ether oxygens (including phenoxy) is 1. The van der Waals surface area contributed by atoms with E-state index in [1.165, 1.54) is 4.90 Å². The molecule has 2 aromatic rings. The molecule has 1 N–H and O–H groups in total. The van der Waals surface area contributed by atoms with Crippen LogP contribution in [0.5, 0.6) is 0 Å². The van der Waals surface area contributed by atoms with Crippen molar-refractivity contribution in [1.82, 2.24) is 20.1 Å². The quantitative estimate of drug-likeness (QED) is 0.924. The van der Waals surface area contributed by atoms with Crippen LogP contribution in [0.15, 0.2) is 29.2 Å². The van der Waals surface area contributed by atoms with Crippen molar-refractivity contribution in [2.75, 3.05) is 25.4 Å². The van der Waals surface area contributed by atoms with E-state index in [0.717, 1.165) is 23.6 Å². The molecule has 126 valence electrons. The third-order valence-electron chi connectivity index (χ3n) is 4.55. The number of hydrogen-bond donors (Lipinski definition) is 1. The van der Waals surface area contributed by atoms with Gasteiger partial charge in [-0.3, -0.25) is 9.89 Å². The Morgan fingerprint density at radius 1 is 1.46 bits per heavy atom. The third-order valence-corrected chi connectivity index (χ3v) is 5.73. The van der Waals surface area contributed by atoms with Crippen molar-refractivity contribution in [3.05, 3.63) is 41.5 Å². The molecule has 1 saturated heterocycles. The molecule has 0 unspecified atom stereocenters. The Hall–Kier alpha value is -1.86. The number of carbonyl (C=O) groups excluding carboxylic acids is 1. The Morgan fingerprint density at radius 2 is 2.33 bits per heavy atom. The highest BCUT2D eigenvalue weighted by Crippen LogP contribution is 2.40. The number of carbonyl (C=O) groups is 1. The summed E-state index contributed by atoms with van der Waals surface area (Å²) in [5.74, 6) is 2.44. The number of nitrogens with one attached hydrogen (secondary N) is 1. The Labute approximate surface area is 145 Å². The molecule has 1 aromatic heterocycles. The van der Waals surface area contributed by atoms with Crippen LogP contribution in [0.1, 0.15) is 36.2 Å². The minimum Gasteiger partial charge on any atom is -0.366 e. The average molecular weight is 344 g/mol. The van der Waals surface area contributed by atoms with Crippen molar-refractivity contribution in [1.29, 1.82) is 0 Å². The summed E-state index contributed by atoms with van der Waals surface area (Å²) in [5.41, 5.74) is 1.15. The molecule has 0 saturated carbocycles. The summed E-state index contributed by atoms with van der Waals surface area (Å²) in [6.45, 7) is 3.69. The number of aromatic amines is 1. The molecular formula is C17H20N4O2S. The molecule has 1 fully saturated rings. The Kier molecular flexibility index (Phi) is 4.28. The molecule has 24 heavy (non-hydrogen) atoms. The summed E-state index contributed by atoms with van der Waals surface area (Å²) in [4.78, 5) is 20.6. The van der Waals surface area contributed by atoms with Crippen LogP contribution in [0.25, 0.3) is 0 Å². The number of aryl methyl sites for hydroxylation is 1. The van der Waals surface area contributed by atoms with Gasteiger partial charge >= 0.3 is 0 Å². The van der Waals surface area contributed by atoms with Crippen LogP contribution >= 0.6 is 11.8 Å². The minimum absolute atomic E-state index is 0.0525. The van der Waals surface area contributed by atoms with Gasteiger partial charge in [0.2, 0.25) is 5.91 Å². The lowest BCUT2D eigenvalue weighted by atomic mass is 9.99. The Morgan fingerprint density at radius 3 is 3.17 bits per heavy atom. The average Bonchev–Trinajstić information content (AvgIpc) is 3.28. The lowest BCUT2D eigenvalue weighted by Crippen LogP contribution is -2.44. The lowest BCUT2D eigenvalue weighted by Gasteiger charge is -2.33. The molecule has 2 aliphatic rings. The standard InChI is InChI=1S/C17H20N4O2S/c1-2-15-18-16(20-19-15)13-9-21(7-8-23-13)17(22)12-10-24-14-6-4-3-5-11(12)14/h3-6,12-13H,2,7-10H2,1H3,(H,18,19,20)/t12-,13-/m1/s1. The highest BCUT2D eigenvalue weighted by molar-refractivity contribution is 7.99. The van der Waals surface area contributed by atoms with Gasteiger partial charge in [0.15, 0.2) is 5.82 Å². The second-order valence-corrected chi connectivity index (χ2v) is 7.10. The molecule has 0 spiro atoms. The molecule has 2 aliphatic heterocycles. The van der Waals surface area contributed by atoms with E-state index in [1.54, 1.807) is 11.8 Å². The van der Waals surface area contributed by atoms with Gasteiger partial charge in [0, 0.05) is 23.6 Å². The van der Waals surface area contributed by atoms with E-state index in [4.69, 9.17) is 4.74 Å². The first-order valence-electron chi connectivity index (χ1n) is 8.29. The number of nitrogens with zero attached hydrogens (tertiary/aromatic N) is 3. The summed E-state index contributed by atoms with van der Waals surface area (Å²) in [6, 6.07) is 8.19. The van der Waals surface area contributed by atoms with E-state index in [2.05, 4.69) is 27.3 Å². The van der Waals surface area contributed by atoms with Crippen molar-refractivity contribution in [2.45, 2.75) is 30.3 Å². The minimum atomic E-state index is -0.247. The molecule has 3 heterocycles. The summed E-state index contributed by atoms with van der Waals surface area (Å²) >= 11 is 1.76. The number of fused-ring (bicyclic) bond motifs is 1. The normalized spacial score (nSPS) is 23.3. The van der Waals surface area contributed by atoms with Gasteiger partial charge in [-0.2, -0.15) is 5.10 Å². The van der Waals surface area contributed by atoms with Crippen molar-refractivity contribution in [3.8, 4) is 0 Å². The SMILES string of the molecule is CCc1nc([C@H]2CN(C(=O)[C@@H]3CSc4ccccc43)CCO2)n[nH]1. The maximum atomic E-state index is 13.0. The van der Waals surface area contributed by atoms with Crippen molar-refractivity contribution < 1.29 is 9.53 Å². The first kappa shape index (κ1) is 15.7. The number of aromatic nitrogens is 3. The molecule has 0 aliphatic carbocycles. The first-order valence-corrected chi connectivity index (χ1v) is 9.28. The molecule has 2 atom stereocenters. The monoisotopic (exact) mass is 344 g/mol. The van der Waals surface area contributed by atoms with E-state index < -0.39 is 0 Å². The van der Waals surface area contributed by atoms with Crippen LogP contribution in [-0.2, 0) is 16.0 Å². The fraction of sp³-hybridized carbons (Fsp3) is 0.471. The van der Waals surface area contributed by atoms with Gasteiger partial charge in [0.05, 0.1) is 19.1 Å². The van der Waals surface area contributed by atoms with Crippen LogP contribution in [0.4, 0.5) is 0 Å². The molecule has 0 bridgehead atoms. The number of rotatable bonds is 3. The number of thioether (sulfide) groups is 1. The lowest BCUT2D eigenvalue weighted by molar-refractivity contribution is -0.140. The van der Waals surface area contributed by atoms with E-state index in [1.807, 2.05) is 24.0 Å². The second-order valence-electron chi connectivity index (χ2n) is 6.04. The van der Waals surface area contributed by atoms with Gasteiger partial charge in [-0.05, 0) is 11.6 Å². The fourth-order valence-electron chi connectivity index (χ4n) is 3.21. The molecule has 7 heteroatoms. The summed E-state index contributed by atoms with van der Waals surface area (Å²) in [7, 11) is 0. The maximum absolute atomic E-state index is 13.0. The number of hydrogen-bond acceptors (Lipinski definition) is 5.